The second-order valence-electron chi connectivity index (χ2n) is 2.97. The summed E-state index contributed by atoms with van der Waals surface area (Å²) in [6.45, 7) is 0. The smallest absolute Gasteiger partial charge is 0.142 e. The molecule has 0 aliphatic carbocycles. The van der Waals surface area contributed by atoms with Gasteiger partial charge in [0.15, 0.2) is 0 Å². The van der Waals surface area contributed by atoms with E-state index in [9.17, 15) is 4.39 Å². The number of aromatic nitrogens is 2. The van der Waals surface area contributed by atoms with Gasteiger partial charge in [0.2, 0.25) is 0 Å². The lowest BCUT2D eigenvalue weighted by Gasteiger charge is -2.03. The van der Waals surface area contributed by atoms with Crippen molar-refractivity contribution in [2.75, 3.05) is 5.43 Å². The highest BCUT2D eigenvalue weighted by Crippen LogP contribution is 2.19. The standard InChI is InChI=1S/C10H9FN4/c11-8-3-7(5-13-6-8)10-4-9(15-12)1-2-14-10/h1-6H,12H2,(H,14,15). The Morgan fingerprint density at radius 3 is 2.87 bits per heavy atom. The fraction of sp³-hybridized carbons (Fsp3) is 0. The predicted molar refractivity (Wildman–Crippen MR) is 55.2 cm³/mol. The van der Waals surface area contributed by atoms with Crippen molar-refractivity contribution in [3.05, 3.63) is 42.6 Å². The minimum absolute atomic E-state index is 0.389. The van der Waals surface area contributed by atoms with Crippen molar-refractivity contribution in [3.63, 3.8) is 0 Å². The molecule has 0 spiro atoms. The number of pyridine rings is 2. The second-order valence-corrected chi connectivity index (χ2v) is 2.97. The van der Waals surface area contributed by atoms with Crippen LogP contribution in [0.4, 0.5) is 10.1 Å². The van der Waals surface area contributed by atoms with Crippen molar-refractivity contribution in [1.29, 1.82) is 0 Å². The summed E-state index contributed by atoms with van der Waals surface area (Å²) < 4.78 is 12.9. The molecule has 0 fully saturated rings. The summed E-state index contributed by atoms with van der Waals surface area (Å²) in [5, 5.41) is 0. The lowest BCUT2D eigenvalue weighted by Crippen LogP contribution is -2.06. The van der Waals surface area contributed by atoms with Gasteiger partial charge in [0.05, 0.1) is 17.6 Å². The number of rotatable bonds is 2. The van der Waals surface area contributed by atoms with Crippen LogP contribution in [0.15, 0.2) is 36.8 Å². The number of nitrogens with two attached hydrogens (primary N) is 1. The van der Waals surface area contributed by atoms with Gasteiger partial charge in [-0.3, -0.25) is 15.8 Å². The molecular weight excluding hydrogens is 195 g/mol. The zero-order chi connectivity index (χ0) is 10.7. The molecule has 4 nitrogen and oxygen atoms in total. The molecule has 2 rings (SSSR count). The zero-order valence-corrected chi connectivity index (χ0v) is 7.81. The maximum absolute atomic E-state index is 12.9. The zero-order valence-electron chi connectivity index (χ0n) is 7.81. The highest BCUT2D eigenvalue weighted by Gasteiger charge is 2.01. The van der Waals surface area contributed by atoms with E-state index < -0.39 is 0 Å². The van der Waals surface area contributed by atoms with Gasteiger partial charge >= 0.3 is 0 Å². The summed E-state index contributed by atoms with van der Waals surface area (Å²) in [5.74, 6) is 4.87. The van der Waals surface area contributed by atoms with Crippen molar-refractivity contribution < 1.29 is 4.39 Å². The van der Waals surface area contributed by atoms with Crippen LogP contribution >= 0.6 is 0 Å². The van der Waals surface area contributed by atoms with E-state index in [0.717, 1.165) is 6.20 Å². The van der Waals surface area contributed by atoms with E-state index >= 15 is 0 Å². The molecule has 5 heteroatoms. The number of hydrogen-bond donors (Lipinski definition) is 2. The summed E-state index contributed by atoms with van der Waals surface area (Å²) in [4.78, 5) is 7.85. The van der Waals surface area contributed by atoms with Crippen LogP contribution in [-0.2, 0) is 0 Å². The van der Waals surface area contributed by atoms with Gasteiger partial charge in [-0.2, -0.15) is 0 Å². The van der Waals surface area contributed by atoms with Crippen LogP contribution in [0.2, 0.25) is 0 Å². The molecule has 2 aromatic rings. The highest BCUT2D eigenvalue weighted by molar-refractivity contribution is 5.62. The normalized spacial score (nSPS) is 10.0. The Balaban J connectivity index is 2.44. The molecule has 0 unspecified atom stereocenters. The Morgan fingerprint density at radius 1 is 1.27 bits per heavy atom. The van der Waals surface area contributed by atoms with Crippen molar-refractivity contribution >= 4 is 5.69 Å². The van der Waals surface area contributed by atoms with Gasteiger partial charge < -0.3 is 5.43 Å². The first-order valence-electron chi connectivity index (χ1n) is 4.33. The minimum Gasteiger partial charge on any atom is -0.324 e. The third-order valence-corrected chi connectivity index (χ3v) is 1.93. The first kappa shape index (κ1) is 9.54. The number of nitrogen functional groups attached to an aromatic ring is 1. The number of hydrogen-bond acceptors (Lipinski definition) is 4. The average molecular weight is 204 g/mol. The molecular formula is C10H9FN4. The lowest BCUT2D eigenvalue weighted by molar-refractivity contribution is 0.622. The van der Waals surface area contributed by atoms with E-state index in [4.69, 9.17) is 5.84 Å². The Labute approximate surface area is 86.0 Å². The van der Waals surface area contributed by atoms with Gasteiger partial charge in [-0.15, -0.1) is 0 Å². The third kappa shape index (κ3) is 2.08. The number of nitrogens with one attached hydrogen (secondary N) is 1. The van der Waals surface area contributed by atoms with E-state index in [1.54, 1.807) is 24.5 Å². The second kappa shape index (κ2) is 4.02. The first-order chi connectivity index (χ1) is 7.29. The Bertz CT molecular complexity index is 472. The molecule has 3 N–H and O–H groups in total. The molecule has 0 saturated heterocycles. The maximum Gasteiger partial charge on any atom is 0.142 e. The van der Waals surface area contributed by atoms with E-state index in [0.29, 0.717) is 16.9 Å². The SMILES string of the molecule is NNc1ccnc(-c2cncc(F)c2)c1. The largest absolute Gasteiger partial charge is 0.324 e. The van der Waals surface area contributed by atoms with Crippen LogP contribution < -0.4 is 11.3 Å². The number of hydrazine groups is 1. The molecule has 0 amide bonds. The molecule has 2 aromatic heterocycles. The maximum atomic E-state index is 12.9. The van der Waals surface area contributed by atoms with Crippen molar-refractivity contribution in [2.24, 2.45) is 5.84 Å². The van der Waals surface area contributed by atoms with E-state index in [1.807, 2.05) is 0 Å². The van der Waals surface area contributed by atoms with E-state index in [-0.39, 0.29) is 5.82 Å². The molecule has 0 aliphatic heterocycles. The van der Waals surface area contributed by atoms with Gasteiger partial charge in [0, 0.05) is 18.0 Å². The van der Waals surface area contributed by atoms with Gasteiger partial charge in [-0.05, 0) is 18.2 Å². The van der Waals surface area contributed by atoms with Crippen LogP contribution in [0.25, 0.3) is 11.3 Å². The summed E-state index contributed by atoms with van der Waals surface area (Å²) in [6, 6.07) is 4.81. The van der Waals surface area contributed by atoms with Crippen molar-refractivity contribution in [2.45, 2.75) is 0 Å². The molecule has 0 atom stereocenters. The van der Waals surface area contributed by atoms with Crippen LogP contribution in [0.1, 0.15) is 0 Å². The molecule has 76 valence electrons. The quantitative estimate of drug-likeness (QED) is 0.575. The molecule has 0 saturated carbocycles. The van der Waals surface area contributed by atoms with Crippen molar-refractivity contribution in [3.8, 4) is 11.3 Å². The average Bonchev–Trinajstić information content (AvgIpc) is 2.29. The first-order valence-corrected chi connectivity index (χ1v) is 4.33. The van der Waals surface area contributed by atoms with Gasteiger partial charge in [0.25, 0.3) is 0 Å². The Hall–Kier alpha value is -2.01. The highest BCUT2D eigenvalue weighted by atomic mass is 19.1. The van der Waals surface area contributed by atoms with Gasteiger partial charge in [-0.25, -0.2) is 4.39 Å². The number of halogens is 1. The summed E-state index contributed by atoms with van der Waals surface area (Å²) >= 11 is 0. The Morgan fingerprint density at radius 2 is 2.13 bits per heavy atom. The summed E-state index contributed by atoms with van der Waals surface area (Å²) in [5.41, 5.74) is 4.45. The van der Waals surface area contributed by atoms with Crippen LogP contribution in [-0.4, -0.2) is 9.97 Å². The molecule has 0 aliphatic rings. The van der Waals surface area contributed by atoms with E-state index in [2.05, 4.69) is 15.4 Å². The van der Waals surface area contributed by atoms with Crippen LogP contribution in [0, 0.1) is 5.82 Å². The minimum atomic E-state index is -0.389. The predicted octanol–water partition coefficient (Wildman–Crippen LogP) is 1.57. The topological polar surface area (TPSA) is 63.8 Å². The van der Waals surface area contributed by atoms with E-state index in [1.165, 1.54) is 6.07 Å². The summed E-state index contributed by atoms with van der Waals surface area (Å²) in [6.07, 6.45) is 4.29. The van der Waals surface area contributed by atoms with Crippen molar-refractivity contribution in [1.82, 2.24) is 9.97 Å². The van der Waals surface area contributed by atoms with Crippen LogP contribution in [0.3, 0.4) is 0 Å². The van der Waals surface area contributed by atoms with Gasteiger partial charge in [0.1, 0.15) is 5.82 Å². The fourth-order valence-electron chi connectivity index (χ4n) is 1.23. The number of nitrogens with zero attached hydrogens (tertiary/aromatic N) is 2. The lowest BCUT2D eigenvalue weighted by atomic mass is 10.2. The molecule has 15 heavy (non-hydrogen) atoms. The Kier molecular flexibility index (Phi) is 2.55. The molecule has 2 heterocycles. The molecule has 0 radical (unpaired) electrons. The van der Waals surface area contributed by atoms with Gasteiger partial charge in [-0.1, -0.05) is 0 Å². The molecule has 0 aromatic carbocycles. The number of anilines is 1. The fourth-order valence-corrected chi connectivity index (χ4v) is 1.23. The third-order valence-electron chi connectivity index (χ3n) is 1.93. The monoisotopic (exact) mass is 204 g/mol. The summed E-state index contributed by atoms with van der Waals surface area (Å²) in [7, 11) is 0. The van der Waals surface area contributed by atoms with Crippen LogP contribution in [0.5, 0.6) is 0 Å². The molecule has 0 bridgehead atoms.